The molecule has 1 aliphatic carbocycles. The van der Waals surface area contributed by atoms with Gasteiger partial charge in [0.1, 0.15) is 5.60 Å². The SMILES string of the molecule is CC(C)(C)OC(=O)NCCNC1CCC(F)(F)C1. The van der Waals surface area contributed by atoms with E-state index in [9.17, 15) is 13.6 Å². The number of hydrogen-bond acceptors (Lipinski definition) is 3. The van der Waals surface area contributed by atoms with E-state index in [1.807, 2.05) is 0 Å². The number of rotatable bonds is 4. The van der Waals surface area contributed by atoms with Gasteiger partial charge in [0.15, 0.2) is 0 Å². The van der Waals surface area contributed by atoms with Crippen LogP contribution in [-0.2, 0) is 4.74 Å². The molecule has 6 heteroatoms. The van der Waals surface area contributed by atoms with Gasteiger partial charge in [0.05, 0.1) is 0 Å². The minimum absolute atomic E-state index is 0.0514. The van der Waals surface area contributed by atoms with Crippen LogP contribution in [0.5, 0.6) is 0 Å². The van der Waals surface area contributed by atoms with E-state index in [1.165, 1.54) is 0 Å². The minimum Gasteiger partial charge on any atom is -0.444 e. The highest BCUT2D eigenvalue weighted by molar-refractivity contribution is 5.67. The molecule has 106 valence electrons. The Morgan fingerprint density at radius 1 is 1.39 bits per heavy atom. The number of carbonyl (C=O) groups excluding carboxylic acids is 1. The number of alkyl carbamates (subject to hydrolysis) is 1. The Morgan fingerprint density at radius 2 is 2.06 bits per heavy atom. The van der Waals surface area contributed by atoms with E-state index in [1.54, 1.807) is 20.8 Å². The third-order valence-electron chi connectivity index (χ3n) is 2.63. The number of ether oxygens (including phenoxy) is 1. The van der Waals surface area contributed by atoms with Gasteiger partial charge in [-0.05, 0) is 27.2 Å². The molecular formula is C12H22F2N2O2. The first-order valence-corrected chi connectivity index (χ1v) is 6.26. The molecule has 1 rings (SSSR count). The van der Waals surface area contributed by atoms with E-state index in [0.717, 1.165) is 0 Å². The Hall–Kier alpha value is -0.910. The van der Waals surface area contributed by atoms with E-state index in [2.05, 4.69) is 10.6 Å². The van der Waals surface area contributed by atoms with Crippen molar-refractivity contribution in [1.29, 1.82) is 0 Å². The number of nitrogens with one attached hydrogen (secondary N) is 2. The Kier molecular flexibility index (Phi) is 4.90. The second kappa shape index (κ2) is 5.82. The molecule has 1 amide bonds. The van der Waals surface area contributed by atoms with Gasteiger partial charge in [-0.3, -0.25) is 0 Å². The number of amides is 1. The van der Waals surface area contributed by atoms with Crippen molar-refractivity contribution in [2.75, 3.05) is 13.1 Å². The first-order valence-electron chi connectivity index (χ1n) is 6.26. The topological polar surface area (TPSA) is 50.4 Å². The zero-order valence-corrected chi connectivity index (χ0v) is 11.2. The van der Waals surface area contributed by atoms with Crippen LogP contribution in [0.25, 0.3) is 0 Å². The Bertz CT molecular complexity index is 290. The van der Waals surface area contributed by atoms with Crippen molar-refractivity contribution >= 4 is 6.09 Å². The average molecular weight is 264 g/mol. The highest BCUT2D eigenvalue weighted by Crippen LogP contribution is 2.34. The fourth-order valence-electron chi connectivity index (χ4n) is 1.88. The van der Waals surface area contributed by atoms with E-state index in [-0.39, 0.29) is 18.9 Å². The lowest BCUT2D eigenvalue weighted by Gasteiger charge is -2.20. The van der Waals surface area contributed by atoms with Gasteiger partial charge in [-0.1, -0.05) is 0 Å². The zero-order valence-electron chi connectivity index (χ0n) is 11.2. The molecule has 0 aromatic heterocycles. The van der Waals surface area contributed by atoms with Crippen LogP contribution in [0.1, 0.15) is 40.0 Å². The van der Waals surface area contributed by atoms with Crippen LogP contribution in [0.4, 0.5) is 13.6 Å². The van der Waals surface area contributed by atoms with Gasteiger partial charge in [-0.2, -0.15) is 0 Å². The fraction of sp³-hybridized carbons (Fsp3) is 0.917. The minimum atomic E-state index is -2.53. The van der Waals surface area contributed by atoms with E-state index >= 15 is 0 Å². The fourth-order valence-corrected chi connectivity index (χ4v) is 1.88. The molecule has 1 saturated carbocycles. The molecular weight excluding hydrogens is 242 g/mol. The Morgan fingerprint density at radius 3 is 2.56 bits per heavy atom. The van der Waals surface area contributed by atoms with E-state index in [4.69, 9.17) is 4.74 Å². The maximum atomic E-state index is 12.9. The van der Waals surface area contributed by atoms with Crippen LogP contribution in [0.2, 0.25) is 0 Å². The summed E-state index contributed by atoms with van der Waals surface area (Å²) >= 11 is 0. The zero-order chi connectivity index (χ0) is 13.8. The van der Waals surface area contributed by atoms with Crippen molar-refractivity contribution < 1.29 is 18.3 Å². The van der Waals surface area contributed by atoms with Gasteiger partial charge in [0.2, 0.25) is 5.92 Å². The largest absolute Gasteiger partial charge is 0.444 e. The van der Waals surface area contributed by atoms with Gasteiger partial charge in [-0.25, -0.2) is 13.6 Å². The normalized spacial score (nSPS) is 22.8. The average Bonchev–Trinajstić information content (AvgIpc) is 2.50. The molecule has 18 heavy (non-hydrogen) atoms. The van der Waals surface area contributed by atoms with Gasteiger partial charge in [0, 0.05) is 32.0 Å². The van der Waals surface area contributed by atoms with Crippen LogP contribution in [0.3, 0.4) is 0 Å². The van der Waals surface area contributed by atoms with Crippen molar-refractivity contribution in [3.05, 3.63) is 0 Å². The van der Waals surface area contributed by atoms with Crippen LogP contribution in [-0.4, -0.2) is 36.7 Å². The molecule has 1 atom stereocenters. The van der Waals surface area contributed by atoms with Crippen molar-refractivity contribution in [3.63, 3.8) is 0 Å². The summed E-state index contributed by atoms with van der Waals surface area (Å²) < 4.78 is 30.8. The standard InChI is InChI=1S/C12H22F2N2O2/c1-11(2,3)18-10(17)16-7-6-15-9-4-5-12(13,14)8-9/h9,15H,4-8H2,1-3H3,(H,16,17). The third-order valence-corrected chi connectivity index (χ3v) is 2.63. The molecule has 1 fully saturated rings. The van der Waals surface area contributed by atoms with Crippen LogP contribution >= 0.6 is 0 Å². The second-order valence-electron chi connectivity index (χ2n) is 5.68. The van der Waals surface area contributed by atoms with Crippen LogP contribution in [0.15, 0.2) is 0 Å². The van der Waals surface area contributed by atoms with E-state index in [0.29, 0.717) is 19.5 Å². The number of hydrogen-bond donors (Lipinski definition) is 2. The predicted octanol–water partition coefficient (Wildman–Crippen LogP) is 2.29. The summed E-state index contributed by atoms with van der Waals surface area (Å²) in [7, 11) is 0. The molecule has 2 N–H and O–H groups in total. The Labute approximate surface area is 106 Å². The summed E-state index contributed by atoms with van der Waals surface area (Å²) in [6.45, 7) is 6.19. The summed E-state index contributed by atoms with van der Waals surface area (Å²) in [4.78, 5) is 11.3. The summed E-state index contributed by atoms with van der Waals surface area (Å²) in [5, 5.41) is 5.58. The first-order chi connectivity index (χ1) is 8.18. The summed E-state index contributed by atoms with van der Waals surface area (Å²) in [5.74, 6) is -2.53. The number of carbonyl (C=O) groups is 1. The molecule has 0 radical (unpaired) electrons. The predicted molar refractivity (Wildman–Crippen MR) is 64.8 cm³/mol. The van der Waals surface area contributed by atoms with Crippen LogP contribution < -0.4 is 10.6 Å². The molecule has 0 bridgehead atoms. The molecule has 1 aliphatic rings. The van der Waals surface area contributed by atoms with E-state index < -0.39 is 17.6 Å². The molecule has 0 aromatic rings. The lowest BCUT2D eigenvalue weighted by atomic mass is 10.2. The number of alkyl halides is 2. The monoisotopic (exact) mass is 264 g/mol. The van der Waals surface area contributed by atoms with Crippen molar-refractivity contribution in [1.82, 2.24) is 10.6 Å². The smallest absolute Gasteiger partial charge is 0.407 e. The summed E-state index contributed by atoms with van der Waals surface area (Å²) in [6, 6.07) is -0.152. The first kappa shape index (κ1) is 15.1. The van der Waals surface area contributed by atoms with Gasteiger partial charge >= 0.3 is 6.09 Å². The highest BCUT2D eigenvalue weighted by atomic mass is 19.3. The van der Waals surface area contributed by atoms with Crippen LogP contribution in [0, 0.1) is 0 Å². The van der Waals surface area contributed by atoms with Crippen molar-refractivity contribution in [2.24, 2.45) is 0 Å². The number of halogens is 2. The molecule has 4 nitrogen and oxygen atoms in total. The quantitative estimate of drug-likeness (QED) is 0.766. The van der Waals surface area contributed by atoms with Gasteiger partial charge in [0.25, 0.3) is 0 Å². The van der Waals surface area contributed by atoms with Gasteiger partial charge < -0.3 is 15.4 Å². The van der Waals surface area contributed by atoms with Crippen molar-refractivity contribution in [2.45, 2.75) is 57.6 Å². The molecule has 1 unspecified atom stereocenters. The lowest BCUT2D eigenvalue weighted by Crippen LogP contribution is -2.38. The highest BCUT2D eigenvalue weighted by Gasteiger charge is 2.38. The maximum Gasteiger partial charge on any atom is 0.407 e. The molecule has 0 aromatic carbocycles. The molecule has 0 heterocycles. The molecule has 0 aliphatic heterocycles. The Balaban J connectivity index is 2.07. The summed E-state index contributed by atoms with van der Waals surface area (Å²) in [6.07, 6.45) is -0.163. The summed E-state index contributed by atoms with van der Waals surface area (Å²) in [5.41, 5.74) is -0.523. The third kappa shape index (κ3) is 6.14. The molecule has 0 saturated heterocycles. The lowest BCUT2D eigenvalue weighted by molar-refractivity contribution is 0.00688. The molecule has 0 spiro atoms. The van der Waals surface area contributed by atoms with Gasteiger partial charge in [-0.15, -0.1) is 0 Å². The second-order valence-corrected chi connectivity index (χ2v) is 5.68. The maximum absolute atomic E-state index is 12.9. The van der Waals surface area contributed by atoms with Crippen molar-refractivity contribution in [3.8, 4) is 0 Å².